The van der Waals surface area contributed by atoms with Crippen LogP contribution in [0.1, 0.15) is 0 Å². The lowest BCUT2D eigenvalue weighted by molar-refractivity contribution is 0.366. The third kappa shape index (κ3) is 2.60. The molecule has 0 aliphatic heterocycles. The van der Waals surface area contributed by atoms with Crippen LogP contribution in [0.25, 0.3) is 0 Å². The normalized spacial score (nSPS) is 13.2. The third-order valence-electron chi connectivity index (χ3n) is 0.852. The molecule has 3 heteroatoms. The highest BCUT2D eigenvalue weighted by atomic mass is 16.3. The smallest absolute Gasteiger partial charge is 0.103 e. The van der Waals surface area contributed by atoms with Crippen molar-refractivity contribution >= 4 is 0 Å². The molecule has 0 aromatic heterocycles. The molecule has 0 aromatic rings. The summed E-state index contributed by atoms with van der Waals surface area (Å²) in [4.78, 5) is 0. The van der Waals surface area contributed by atoms with Gasteiger partial charge in [-0.3, -0.25) is 0 Å². The van der Waals surface area contributed by atoms with E-state index >= 15 is 0 Å². The summed E-state index contributed by atoms with van der Waals surface area (Å²) in [7, 11) is 1.77. The van der Waals surface area contributed by atoms with Crippen LogP contribution in [0.5, 0.6) is 0 Å². The van der Waals surface area contributed by atoms with Gasteiger partial charge >= 0.3 is 0 Å². The Balaban J connectivity index is 3.32. The zero-order valence-electron chi connectivity index (χ0n) is 5.02. The first-order valence-corrected chi connectivity index (χ1v) is 2.46. The van der Waals surface area contributed by atoms with Gasteiger partial charge in [0, 0.05) is 6.54 Å². The Hall–Kier alpha value is -0.540. The second-order valence-corrected chi connectivity index (χ2v) is 1.66. The predicted molar refractivity (Wildman–Crippen MR) is 33.7 cm³/mol. The Morgan fingerprint density at radius 1 is 2.00 bits per heavy atom. The summed E-state index contributed by atoms with van der Waals surface area (Å²) in [6.45, 7) is 3.83. The van der Waals surface area contributed by atoms with E-state index in [-0.39, 0.29) is 11.8 Å². The summed E-state index contributed by atoms with van der Waals surface area (Å²) in [6, 6.07) is -0.333. The molecular weight excluding hydrogens is 104 g/mol. The molecule has 0 aromatic carbocycles. The molecule has 0 bridgehead atoms. The van der Waals surface area contributed by atoms with Crippen LogP contribution in [0, 0.1) is 0 Å². The fourth-order valence-corrected chi connectivity index (χ4v) is 0.338. The number of rotatable bonds is 3. The van der Waals surface area contributed by atoms with Crippen molar-refractivity contribution < 1.29 is 5.11 Å². The Morgan fingerprint density at radius 2 is 2.50 bits per heavy atom. The van der Waals surface area contributed by atoms with Gasteiger partial charge in [0.2, 0.25) is 0 Å². The second kappa shape index (κ2) is 3.46. The van der Waals surface area contributed by atoms with Crippen molar-refractivity contribution in [3.05, 3.63) is 12.3 Å². The van der Waals surface area contributed by atoms with E-state index in [1.807, 2.05) is 0 Å². The van der Waals surface area contributed by atoms with Crippen molar-refractivity contribution in [3.63, 3.8) is 0 Å². The fraction of sp³-hybridized carbons (Fsp3) is 0.600. The van der Waals surface area contributed by atoms with Crippen LogP contribution in [-0.2, 0) is 0 Å². The summed E-state index contributed by atoms with van der Waals surface area (Å²) in [5.41, 5.74) is 5.31. The highest BCUT2D eigenvalue weighted by Gasteiger charge is 2.00. The number of likely N-dealkylation sites (N-methyl/N-ethyl adjacent to an activating group) is 1. The summed E-state index contributed by atoms with van der Waals surface area (Å²) < 4.78 is 0. The first kappa shape index (κ1) is 7.46. The van der Waals surface area contributed by atoms with Crippen LogP contribution in [0.2, 0.25) is 0 Å². The van der Waals surface area contributed by atoms with Crippen molar-refractivity contribution in [2.24, 2.45) is 5.73 Å². The number of aliphatic hydroxyl groups is 1. The maximum atomic E-state index is 8.59. The fourth-order valence-electron chi connectivity index (χ4n) is 0.338. The number of hydrogen-bond donors (Lipinski definition) is 3. The van der Waals surface area contributed by atoms with Crippen molar-refractivity contribution in [2.45, 2.75) is 6.04 Å². The second-order valence-electron chi connectivity index (χ2n) is 1.66. The summed E-state index contributed by atoms with van der Waals surface area (Å²) in [6.07, 6.45) is 0. The first-order valence-electron chi connectivity index (χ1n) is 2.46. The van der Waals surface area contributed by atoms with Gasteiger partial charge in [0.25, 0.3) is 0 Å². The van der Waals surface area contributed by atoms with E-state index < -0.39 is 0 Å². The van der Waals surface area contributed by atoms with Gasteiger partial charge in [-0.05, 0) is 7.05 Å². The summed E-state index contributed by atoms with van der Waals surface area (Å²) in [5.74, 6) is 0.0272. The standard InChI is InChI=1S/C5H12N2O/c1-4(8)5(6)3-7-2/h5,7-8H,1,3,6H2,2H3/t5-/m1/s1. The molecule has 0 aliphatic rings. The average Bonchev–Trinajstić information content (AvgIpc) is 1.67. The Morgan fingerprint density at radius 3 is 2.62 bits per heavy atom. The van der Waals surface area contributed by atoms with Crippen LogP contribution >= 0.6 is 0 Å². The number of aliphatic hydroxyl groups excluding tert-OH is 1. The zero-order chi connectivity index (χ0) is 6.57. The molecule has 3 nitrogen and oxygen atoms in total. The molecule has 1 atom stereocenters. The van der Waals surface area contributed by atoms with E-state index in [0.717, 1.165) is 0 Å². The van der Waals surface area contributed by atoms with Crippen LogP contribution < -0.4 is 11.1 Å². The lowest BCUT2D eigenvalue weighted by Crippen LogP contribution is -2.33. The number of nitrogens with two attached hydrogens (primary N) is 1. The molecule has 0 rings (SSSR count). The molecule has 0 heterocycles. The summed E-state index contributed by atoms with van der Waals surface area (Å²) >= 11 is 0. The number of nitrogens with one attached hydrogen (secondary N) is 1. The van der Waals surface area contributed by atoms with Crippen molar-refractivity contribution in [1.82, 2.24) is 5.32 Å². The largest absolute Gasteiger partial charge is 0.511 e. The molecule has 8 heavy (non-hydrogen) atoms. The average molecular weight is 116 g/mol. The van der Waals surface area contributed by atoms with Gasteiger partial charge in [-0.1, -0.05) is 6.58 Å². The lowest BCUT2D eigenvalue weighted by Gasteiger charge is -2.06. The molecule has 0 saturated carbocycles. The molecule has 0 aliphatic carbocycles. The highest BCUT2D eigenvalue weighted by molar-refractivity contribution is 4.92. The van der Waals surface area contributed by atoms with Gasteiger partial charge in [-0.15, -0.1) is 0 Å². The predicted octanol–water partition coefficient (Wildman–Crippen LogP) is -0.395. The summed E-state index contributed by atoms with van der Waals surface area (Å²) in [5, 5.41) is 11.4. The van der Waals surface area contributed by atoms with Gasteiger partial charge in [0.15, 0.2) is 0 Å². The Bertz CT molecular complexity index is 82.5. The number of hydrogen-bond acceptors (Lipinski definition) is 3. The molecule has 0 radical (unpaired) electrons. The minimum absolute atomic E-state index is 0.0272. The minimum Gasteiger partial charge on any atom is -0.511 e. The maximum absolute atomic E-state index is 8.59. The van der Waals surface area contributed by atoms with Gasteiger partial charge in [-0.2, -0.15) is 0 Å². The van der Waals surface area contributed by atoms with Crippen molar-refractivity contribution in [3.8, 4) is 0 Å². The van der Waals surface area contributed by atoms with E-state index in [4.69, 9.17) is 10.8 Å². The van der Waals surface area contributed by atoms with Crippen LogP contribution in [0.15, 0.2) is 12.3 Å². The monoisotopic (exact) mass is 116 g/mol. The zero-order valence-corrected chi connectivity index (χ0v) is 5.02. The van der Waals surface area contributed by atoms with E-state index in [1.54, 1.807) is 7.05 Å². The van der Waals surface area contributed by atoms with Gasteiger partial charge < -0.3 is 16.2 Å². The maximum Gasteiger partial charge on any atom is 0.103 e. The lowest BCUT2D eigenvalue weighted by atomic mass is 10.3. The molecule has 4 N–H and O–H groups in total. The molecule has 0 unspecified atom stereocenters. The molecule has 0 spiro atoms. The van der Waals surface area contributed by atoms with Crippen LogP contribution in [0.4, 0.5) is 0 Å². The Kier molecular flexibility index (Phi) is 3.23. The van der Waals surface area contributed by atoms with E-state index in [9.17, 15) is 0 Å². The molecule has 48 valence electrons. The van der Waals surface area contributed by atoms with Crippen molar-refractivity contribution in [2.75, 3.05) is 13.6 Å². The van der Waals surface area contributed by atoms with E-state index in [2.05, 4.69) is 11.9 Å². The quantitative estimate of drug-likeness (QED) is 0.440. The molecule has 0 saturated heterocycles. The van der Waals surface area contributed by atoms with Gasteiger partial charge in [0.05, 0.1) is 6.04 Å². The van der Waals surface area contributed by atoms with Gasteiger partial charge in [-0.25, -0.2) is 0 Å². The van der Waals surface area contributed by atoms with E-state index in [1.165, 1.54) is 0 Å². The molecule has 0 amide bonds. The van der Waals surface area contributed by atoms with Gasteiger partial charge in [0.1, 0.15) is 5.76 Å². The SMILES string of the molecule is C=C(O)[C@H](N)CNC. The molecule has 0 fully saturated rings. The van der Waals surface area contributed by atoms with Crippen molar-refractivity contribution in [1.29, 1.82) is 0 Å². The highest BCUT2D eigenvalue weighted by Crippen LogP contribution is 1.85. The van der Waals surface area contributed by atoms with E-state index in [0.29, 0.717) is 6.54 Å². The van der Waals surface area contributed by atoms with Crippen LogP contribution in [0.3, 0.4) is 0 Å². The molecular formula is C5H12N2O. The first-order chi connectivity index (χ1) is 3.68. The minimum atomic E-state index is -0.333. The van der Waals surface area contributed by atoms with Crippen LogP contribution in [-0.4, -0.2) is 24.7 Å². The third-order valence-corrected chi connectivity index (χ3v) is 0.852. The topological polar surface area (TPSA) is 58.3 Å². The Labute approximate surface area is 49.2 Å².